The van der Waals surface area contributed by atoms with Crippen LogP contribution in [0.4, 0.5) is 5.00 Å². The van der Waals surface area contributed by atoms with Crippen LogP contribution in [0.2, 0.25) is 5.02 Å². The summed E-state index contributed by atoms with van der Waals surface area (Å²) in [5.74, 6) is -0.372. The summed E-state index contributed by atoms with van der Waals surface area (Å²) in [5.41, 5.74) is 0. The number of rotatable bonds is 5. The Morgan fingerprint density at radius 2 is 1.87 bits per heavy atom. The van der Waals surface area contributed by atoms with Crippen molar-refractivity contribution in [2.45, 2.75) is 11.3 Å². The Balaban J connectivity index is 1.58. The first-order chi connectivity index (χ1) is 14.7. The quantitative estimate of drug-likeness (QED) is 0.550. The van der Waals surface area contributed by atoms with Gasteiger partial charge in [0.1, 0.15) is 13.1 Å². The van der Waals surface area contributed by atoms with E-state index in [0.29, 0.717) is 36.0 Å². The number of benzene rings is 2. The highest BCUT2D eigenvalue weighted by Crippen LogP contribution is 2.29. The molecule has 4 rings (SSSR count). The van der Waals surface area contributed by atoms with Crippen LogP contribution in [-0.2, 0) is 21.7 Å². The summed E-state index contributed by atoms with van der Waals surface area (Å²) in [4.78, 5) is 13.9. The topological polar surface area (TPSA) is 92.0 Å². The molecular formula is C21H24ClN4O3S2+. The molecule has 1 aromatic heterocycles. The van der Waals surface area contributed by atoms with Crippen molar-refractivity contribution in [1.29, 1.82) is 5.41 Å². The molecule has 0 radical (unpaired) electrons. The van der Waals surface area contributed by atoms with Crippen molar-refractivity contribution in [2.24, 2.45) is 7.05 Å². The van der Waals surface area contributed by atoms with E-state index in [1.807, 2.05) is 6.20 Å². The second-order valence-corrected chi connectivity index (χ2v) is 11.3. The van der Waals surface area contributed by atoms with Gasteiger partial charge in [-0.2, -0.15) is 0 Å². The molecule has 0 bridgehead atoms. The number of halogens is 1. The first kappa shape index (κ1) is 22.2. The second-order valence-electron chi connectivity index (χ2n) is 7.77. The summed E-state index contributed by atoms with van der Waals surface area (Å²) in [6, 6.07) is 10.2. The molecule has 2 heterocycles. The first-order valence-electron chi connectivity index (χ1n) is 9.96. The molecule has 2 N–H and O–H groups in total. The number of aryl methyl sites for hydroxylation is 1. The average Bonchev–Trinajstić information content (AvgIpc) is 3.11. The van der Waals surface area contributed by atoms with Crippen molar-refractivity contribution in [2.75, 3.05) is 31.9 Å². The highest BCUT2D eigenvalue weighted by molar-refractivity contribution is 7.91. The number of quaternary nitrogens is 1. The molecule has 1 fully saturated rings. The Morgan fingerprint density at radius 1 is 1.19 bits per heavy atom. The average molecular weight is 480 g/mol. The number of amides is 1. The van der Waals surface area contributed by atoms with Crippen molar-refractivity contribution in [3.63, 3.8) is 0 Å². The summed E-state index contributed by atoms with van der Waals surface area (Å²) in [5, 5.41) is 14.3. The zero-order chi connectivity index (χ0) is 22.2. The maximum Gasteiger partial charge on any atom is 0.320 e. The molecular weight excluding hydrogens is 456 g/mol. The van der Waals surface area contributed by atoms with Crippen LogP contribution in [0, 0.1) is 5.41 Å². The number of fused-ring (bicyclic) bond motifs is 1. The number of hydrogen-bond donors (Lipinski definition) is 2. The van der Waals surface area contributed by atoms with Gasteiger partial charge in [0.25, 0.3) is 0 Å². The minimum atomic E-state index is -3.63. The van der Waals surface area contributed by atoms with Crippen molar-refractivity contribution >= 4 is 54.5 Å². The lowest BCUT2D eigenvalue weighted by Gasteiger charge is -2.37. The SMILES string of the molecule is Cn1cc([N+]2(C(=O)CCS(=O)(=O)c3ccc4cc(Cl)ccc4c3)CCNCC2)sc1=N. The molecule has 0 spiro atoms. The third kappa shape index (κ3) is 4.33. The van der Waals surface area contributed by atoms with Gasteiger partial charge in [0.05, 0.1) is 23.3 Å². The van der Waals surface area contributed by atoms with E-state index in [1.54, 1.807) is 48.0 Å². The minimum absolute atomic E-state index is 0.0735. The fourth-order valence-electron chi connectivity index (χ4n) is 3.93. The lowest BCUT2D eigenvalue weighted by Crippen LogP contribution is -2.63. The van der Waals surface area contributed by atoms with Crippen LogP contribution < -0.4 is 14.6 Å². The molecule has 164 valence electrons. The molecule has 1 aliphatic rings. The molecule has 0 saturated carbocycles. The number of hydrogen-bond acceptors (Lipinski definition) is 6. The predicted molar refractivity (Wildman–Crippen MR) is 124 cm³/mol. The number of nitrogens with zero attached hydrogens (tertiary/aromatic N) is 2. The summed E-state index contributed by atoms with van der Waals surface area (Å²) in [6.07, 6.45) is 1.75. The van der Waals surface area contributed by atoms with E-state index in [9.17, 15) is 13.2 Å². The molecule has 0 atom stereocenters. The molecule has 0 aliphatic carbocycles. The Morgan fingerprint density at radius 3 is 2.55 bits per heavy atom. The highest BCUT2D eigenvalue weighted by atomic mass is 35.5. The van der Waals surface area contributed by atoms with Crippen LogP contribution in [0.3, 0.4) is 0 Å². The zero-order valence-electron chi connectivity index (χ0n) is 17.1. The van der Waals surface area contributed by atoms with Gasteiger partial charge in [-0.25, -0.2) is 17.7 Å². The lowest BCUT2D eigenvalue weighted by atomic mass is 10.1. The van der Waals surface area contributed by atoms with Gasteiger partial charge in [-0.05, 0) is 46.4 Å². The summed E-state index contributed by atoms with van der Waals surface area (Å²) >= 11 is 7.28. The Bertz CT molecular complexity index is 1310. The van der Waals surface area contributed by atoms with E-state index in [0.717, 1.165) is 15.8 Å². The smallest absolute Gasteiger partial charge is 0.320 e. The number of sulfone groups is 1. The number of piperazine rings is 1. The van der Waals surface area contributed by atoms with Crippen LogP contribution in [0.15, 0.2) is 47.5 Å². The Labute approximate surface area is 189 Å². The van der Waals surface area contributed by atoms with E-state index < -0.39 is 9.84 Å². The van der Waals surface area contributed by atoms with Gasteiger partial charge in [-0.1, -0.05) is 23.7 Å². The molecule has 1 amide bonds. The summed E-state index contributed by atoms with van der Waals surface area (Å²) in [7, 11) is -1.85. The standard InChI is InChI=1S/C21H24ClN4O3S2/c1-25-14-20(30-21(25)23)26(9-7-24-8-10-26)19(27)6-11-31(28,29)18-5-3-15-12-17(22)4-2-16(15)13-18/h2-5,12-14,23-24H,6-11H2,1H3/q+1. The van der Waals surface area contributed by atoms with E-state index in [2.05, 4.69) is 5.32 Å². The van der Waals surface area contributed by atoms with Crippen molar-refractivity contribution in [3.05, 3.63) is 52.4 Å². The monoisotopic (exact) mass is 479 g/mol. The third-order valence-electron chi connectivity index (χ3n) is 5.78. The lowest BCUT2D eigenvalue weighted by molar-refractivity contribution is -0.130. The van der Waals surface area contributed by atoms with Gasteiger partial charge in [-0.3, -0.25) is 5.41 Å². The predicted octanol–water partition coefficient (Wildman–Crippen LogP) is 2.67. The van der Waals surface area contributed by atoms with Gasteiger partial charge in [0.15, 0.2) is 14.6 Å². The van der Waals surface area contributed by atoms with Gasteiger partial charge in [-0.15, -0.1) is 0 Å². The van der Waals surface area contributed by atoms with Crippen LogP contribution in [-0.4, -0.2) is 50.8 Å². The maximum atomic E-state index is 13.4. The zero-order valence-corrected chi connectivity index (χ0v) is 19.5. The molecule has 7 nitrogen and oxygen atoms in total. The normalized spacial score (nSPS) is 16.5. The molecule has 3 aromatic rings. The van der Waals surface area contributed by atoms with Crippen LogP contribution >= 0.6 is 22.9 Å². The number of carbonyl (C=O) groups excluding carboxylic acids is 1. The second kappa shape index (κ2) is 8.48. The summed E-state index contributed by atoms with van der Waals surface area (Å²) in [6.45, 7) is 2.44. The molecule has 10 heteroatoms. The van der Waals surface area contributed by atoms with E-state index in [-0.39, 0.29) is 27.5 Å². The van der Waals surface area contributed by atoms with Crippen molar-refractivity contribution in [1.82, 2.24) is 14.4 Å². The van der Waals surface area contributed by atoms with E-state index >= 15 is 0 Å². The Kier molecular flexibility index (Phi) is 6.06. The van der Waals surface area contributed by atoms with Gasteiger partial charge in [0.2, 0.25) is 5.00 Å². The van der Waals surface area contributed by atoms with Crippen molar-refractivity contribution in [3.8, 4) is 0 Å². The van der Waals surface area contributed by atoms with E-state index in [4.69, 9.17) is 17.0 Å². The van der Waals surface area contributed by atoms with Gasteiger partial charge < -0.3 is 9.88 Å². The molecule has 1 saturated heterocycles. The van der Waals surface area contributed by atoms with Crippen LogP contribution in [0.1, 0.15) is 6.42 Å². The maximum absolute atomic E-state index is 13.4. The number of thiazole rings is 1. The van der Waals surface area contributed by atoms with Crippen molar-refractivity contribution < 1.29 is 13.2 Å². The number of carbonyl (C=O) groups is 1. The fraction of sp³-hybridized carbons (Fsp3) is 0.333. The first-order valence-corrected chi connectivity index (χ1v) is 12.8. The van der Waals surface area contributed by atoms with Crippen LogP contribution in [0.5, 0.6) is 0 Å². The van der Waals surface area contributed by atoms with Gasteiger partial charge >= 0.3 is 5.91 Å². The molecule has 1 aliphatic heterocycles. The molecule has 0 unspecified atom stereocenters. The number of aromatic nitrogens is 1. The Hall–Kier alpha value is -2.04. The highest BCUT2D eigenvalue weighted by Gasteiger charge is 2.42. The summed E-state index contributed by atoms with van der Waals surface area (Å²) < 4.78 is 27.8. The van der Waals surface area contributed by atoms with E-state index in [1.165, 1.54) is 11.3 Å². The largest absolute Gasteiger partial charge is 0.321 e. The van der Waals surface area contributed by atoms with Crippen LogP contribution in [0.25, 0.3) is 10.8 Å². The molecule has 31 heavy (non-hydrogen) atoms. The fourth-order valence-corrected chi connectivity index (χ4v) is 6.44. The third-order valence-corrected chi connectivity index (χ3v) is 8.88. The number of nitrogens with one attached hydrogen (secondary N) is 2. The molecule has 2 aromatic carbocycles. The minimum Gasteiger partial charge on any atom is -0.321 e. The van der Waals surface area contributed by atoms with Gasteiger partial charge in [0, 0.05) is 25.2 Å².